The van der Waals surface area contributed by atoms with E-state index in [1.165, 1.54) is 16.2 Å². The second kappa shape index (κ2) is 27.8. The minimum atomic E-state index is -0.926. The molecule has 5 heterocycles. The summed E-state index contributed by atoms with van der Waals surface area (Å²) >= 11 is 1.52. The number of H-pyrrole nitrogens is 1. The number of thiazole rings is 1. The molecule has 2 aromatic heterocycles. The number of likely N-dealkylation sites (tertiary alicyclic amines) is 1. The third kappa shape index (κ3) is 14.3. The van der Waals surface area contributed by atoms with Crippen molar-refractivity contribution in [1.82, 2.24) is 30.4 Å². The first kappa shape index (κ1) is 60.2. The van der Waals surface area contributed by atoms with Crippen molar-refractivity contribution in [2.45, 2.75) is 112 Å². The number of rotatable bonds is 25. The average Bonchev–Trinajstić information content (AvgIpc) is 3.33. The Morgan fingerprint density at radius 1 is 0.843 bits per heavy atom. The second-order valence-electron chi connectivity index (χ2n) is 21.9. The number of aromatic nitrogens is 2. The van der Waals surface area contributed by atoms with Gasteiger partial charge >= 0.3 is 0 Å². The molecule has 4 amide bonds. The van der Waals surface area contributed by atoms with E-state index in [9.17, 15) is 29.1 Å². The van der Waals surface area contributed by atoms with E-state index < -0.39 is 24.1 Å². The maximum absolute atomic E-state index is 14.3. The fourth-order valence-electron chi connectivity index (χ4n) is 11.5. The predicted molar refractivity (Wildman–Crippen MR) is 319 cm³/mol. The molecule has 4 aromatic carbocycles. The summed E-state index contributed by atoms with van der Waals surface area (Å²) in [6.45, 7) is 18.0. The Morgan fingerprint density at radius 3 is 2.24 bits per heavy atom. The van der Waals surface area contributed by atoms with Gasteiger partial charge in [-0.15, -0.1) is 11.3 Å². The monoisotopic (exact) mass is 1150 g/mol. The van der Waals surface area contributed by atoms with E-state index >= 15 is 0 Å². The molecule has 0 bridgehead atoms. The Balaban J connectivity index is 0.754. The number of aryl methyl sites for hydroxylation is 3. The maximum Gasteiger partial charge on any atom is 0.255 e. The number of β-amino-alcohol motifs (C(OH)–C–C–N with tert-alkyl or cyclic N) is 1. The summed E-state index contributed by atoms with van der Waals surface area (Å²) in [6, 6.07) is 25.4. The van der Waals surface area contributed by atoms with Crippen LogP contribution in [-0.4, -0.2) is 139 Å². The van der Waals surface area contributed by atoms with E-state index in [1.807, 2.05) is 108 Å². The van der Waals surface area contributed by atoms with E-state index in [-0.39, 0.29) is 74.5 Å². The van der Waals surface area contributed by atoms with Gasteiger partial charge in [0, 0.05) is 92.0 Å². The van der Waals surface area contributed by atoms with Gasteiger partial charge < -0.3 is 59.1 Å². The zero-order valence-corrected chi connectivity index (χ0v) is 49.4. The molecule has 18 nitrogen and oxygen atoms in total. The lowest BCUT2D eigenvalue weighted by molar-refractivity contribution is -0.143. The lowest BCUT2D eigenvalue weighted by atomic mass is 9.95. The van der Waals surface area contributed by atoms with Crippen LogP contribution >= 0.6 is 11.3 Å². The van der Waals surface area contributed by atoms with Crippen LogP contribution in [0.1, 0.15) is 100.0 Å². The molecule has 0 radical (unpaired) electrons. The number of nitrogens with one attached hydrogen (secondary N) is 3. The summed E-state index contributed by atoms with van der Waals surface area (Å²) in [6.07, 6.45) is 0.975. The van der Waals surface area contributed by atoms with Crippen LogP contribution in [0.5, 0.6) is 11.5 Å². The highest BCUT2D eigenvalue weighted by molar-refractivity contribution is 7.13. The van der Waals surface area contributed by atoms with Gasteiger partial charge in [-0.3, -0.25) is 24.0 Å². The molecule has 2 fully saturated rings. The number of amides is 4. The third-order valence-corrected chi connectivity index (χ3v) is 16.8. The summed E-state index contributed by atoms with van der Waals surface area (Å²) < 4.78 is 29.8. The van der Waals surface area contributed by atoms with Crippen LogP contribution in [0.3, 0.4) is 0 Å². The number of aliphatic hydroxyl groups excluding tert-OH is 1. The maximum atomic E-state index is 14.3. The van der Waals surface area contributed by atoms with E-state index in [0.29, 0.717) is 79.9 Å². The highest BCUT2D eigenvalue weighted by Gasteiger charge is 2.46. The van der Waals surface area contributed by atoms with Crippen LogP contribution in [-0.2, 0) is 43.4 Å². The van der Waals surface area contributed by atoms with Crippen LogP contribution in [0.4, 0.5) is 5.69 Å². The van der Waals surface area contributed by atoms with E-state index in [2.05, 4.69) is 38.5 Å². The van der Waals surface area contributed by atoms with Crippen molar-refractivity contribution < 1.29 is 48.0 Å². The number of pyridine rings is 1. The molecule has 0 saturated carbocycles. The molecule has 0 aliphatic carbocycles. The SMILES string of the molecule is CCN(c1cc(-c2ccc(OCCOCCOCCOc3cc(-c4scnc4C)ccc3CNC(=O)[C@@H]3C[C@@H](O)CN3C(=O)C(C(C)C)N3Cc4ccccc4C3=O)cc2)cc(C(=O)NCc2c(C)cc(C)[nH]c2=O)c1C)C1CCOCC1. The predicted octanol–water partition coefficient (Wildman–Crippen LogP) is 8.08. The number of ether oxygens (including phenoxy) is 5. The molecule has 3 atom stereocenters. The smallest absolute Gasteiger partial charge is 0.255 e. The molecule has 6 aromatic rings. The highest BCUT2D eigenvalue weighted by atomic mass is 32.1. The molecule has 9 rings (SSSR count). The first-order valence-corrected chi connectivity index (χ1v) is 29.6. The van der Waals surface area contributed by atoms with Gasteiger partial charge in [0.25, 0.3) is 17.4 Å². The quantitative estimate of drug-likeness (QED) is 0.0400. The van der Waals surface area contributed by atoms with Gasteiger partial charge in [-0.2, -0.15) is 0 Å². The lowest BCUT2D eigenvalue weighted by Crippen LogP contribution is -2.55. The topological polar surface area (TPSA) is 214 Å². The summed E-state index contributed by atoms with van der Waals surface area (Å²) in [5, 5.41) is 16.8. The summed E-state index contributed by atoms with van der Waals surface area (Å²) in [4.78, 5) is 82.3. The number of hydrogen-bond donors (Lipinski definition) is 4. The second-order valence-corrected chi connectivity index (χ2v) is 22.7. The zero-order chi connectivity index (χ0) is 58.7. The minimum Gasteiger partial charge on any atom is -0.491 e. The number of fused-ring (bicyclic) bond motifs is 1. The highest BCUT2D eigenvalue weighted by Crippen LogP contribution is 2.36. The van der Waals surface area contributed by atoms with Crippen molar-refractivity contribution in [2.24, 2.45) is 5.92 Å². The van der Waals surface area contributed by atoms with Crippen molar-refractivity contribution in [3.63, 3.8) is 0 Å². The Morgan fingerprint density at radius 2 is 1.55 bits per heavy atom. The van der Waals surface area contributed by atoms with Crippen LogP contribution in [0.15, 0.2) is 95.2 Å². The van der Waals surface area contributed by atoms with Gasteiger partial charge in [0.2, 0.25) is 11.8 Å². The van der Waals surface area contributed by atoms with Crippen LogP contribution in [0, 0.1) is 33.6 Å². The largest absolute Gasteiger partial charge is 0.491 e. The number of anilines is 1. The van der Waals surface area contributed by atoms with Crippen LogP contribution in [0.2, 0.25) is 0 Å². The molecule has 2 saturated heterocycles. The molecule has 83 heavy (non-hydrogen) atoms. The number of nitrogens with zero attached hydrogens (tertiary/aromatic N) is 4. The number of aliphatic hydroxyl groups is 1. The molecule has 1 unspecified atom stereocenters. The van der Waals surface area contributed by atoms with Crippen LogP contribution in [0.25, 0.3) is 21.6 Å². The standard InChI is InChI=1S/C64H77N7O11S/c1-8-69(49-19-21-78-22-20-49)55-31-48(30-53(42(55)6)60(73)66-35-54-40(4)29-41(5)68-61(54)74)44-15-17-51(18-16-44)81-27-25-79-23-24-80-26-28-82-57-32-45(59-43(7)67-38-83-59)13-14-46(57)34-65-62(75)56-33-50(72)37-70(56)64(77)58(39(2)3)71-36-47-11-9-10-12-52(47)63(71)76/h9-18,29-32,38-39,49-50,56,58,72H,8,19-28,33-37H2,1-7H3,(H,65,75)(H,66,73)(H,68,74)/t50-,56+,58?/m1/s1. The van der Waals surface area contributed by atoms with Crippen molar-refractivity contribution in [1.29, 1.82) is 0 Å². The number of aromatic amines is 1. The van der Waals surface area contributed by atoms with Crippen molar-refractivity contribution in [3.8, 4) is 33.1 Å². The molecule has 19 heteroatoms. The van der Waals surface area contributed by atoms with Crippen molar-refractivity contribution in [2.75, 3.05) is 70.8 Å². The molecule has 4 N–H and O–H groups in total. The van der Waals surface area contributed by atoms with E-state index in [1.54, 1.807) is 22.5 Å². The van der Waals surface area contributed by atoms with Gasteiger partial charge in [0.1, 0.15) is 36.8 Å². The molecule has 440 valence electrons. The summed E-state index contributed by atoms with van der Waals surface area (Å²) in [5.41, 5.74) is 11.9. The minimum absolute atomic E-state index is 0.0116. The zero-order valence-electron chi connectivity index (χ0n) is 48.6. The Kier molecular flexibility index (Phi) is 20.1. The van der Waals surface area contributed by atoms with Gasteiger partial charge in [0.05, 0.1) is 48.6 Å². The molecule has 3 aliphatic rings. The number of carbonyl (C=O) groups excluding carboxylic acids is 4. The van der Waals surface area contributed by atoms with Gasteiger partial charge in [-0.25, -0.2) is 4.98 Å². The first-order chi connectivity index (χ1) is 40.1. The summed E-state index contributed by atoms with van der Waals surface area (Å²) in [5.74, 6) is -0.249. The van der Waals surface area contributed by atoms with Crippen LogP contribution < -0.4 is 30.6 Å². The molecular weight excluding hydrogens is 1070 g/mol. The summed E-state index contributed by atoms with van der Waals surface area (Å²) in [7, 11) is 0. The lowest BCUT2D eigenvalue weighted by Gasteiger charge is -2.37. The van der Waals surface area contributed by atoms with E-state index in [4.69, 9.17) is 23.7 Å². The number of carbonyl (C=O) groups is 4. The third-order valence-electron chi connectivity index (χ3n) is 15.8. The number of hydrogen-bond acceptors (Lipinski definition) is 14. The Hall–Kier alpha value is -7.42. The fourth-order valence-corrected chi connectivity index (χ4v) is 12.3. The van der Waals surface area contributed by atoms with Gasteiger partial charge in [-0.05, 0) is 129 Å². The van der Waals surface area contributed by atoms with Crippen molar-refractivity contribution >= 4 is 40.7 Å². The first-order valence-electron chi connectivity index (χ1n) is 28.8. The molecule has 0 spiro atoms. The van der Waals surface area contributed by atoms with Gasteiger partial charge in [0.15, 0.2) is 0 Å². The molecular formula is C64H77N7O11S. The Bertz CT molecular complexity index is 3320. The number of benzene rings is 4. The average molecular weight is 1150 g/mol. The fraction of sp³-hybridized carbons (Fsp3) is 0.438. The van der Waals surface area contributed by atoms with Gasteiger partial charge in [-0.1, -0.05) is 56.3 Å². The van der Waals surface area contributed by atoms with E-state index in [0.717, 1.165) is 74.7 Å². The normalized spacial score (nSPS) is 16.5. The van der Waals surface area contributed by atoms with Crippen molar-refractivity contribution in [3.05, 3.63) is 151 Å². The Labute approximate surface area is 489 Å². The molecule has 3 aliphatic heterocycles.